The molecule has 0 spiro atoms. The Morgan fingerprint density at radius 2 is 2.11 bits per heavy atom. The van der Waals surface area contributed by atoms with Crippen molar-refractivity contribution in [3.8, 4) is 0 Å². The molecule has 1 aliphatic rings. The van der Waals surface area contributed by atoms with Crippen LogP contribution in [0.1, 0.15) is 50.3 Å². The monoisotopic (exact) mass is 265 g/mol. The van der Waals surface area contributed by atoms with Crippen molar-refractivity contribution in [2.45, 2.75) is 46.1 Å². The first kappa shape index (κ1) is 13.9. The zero-order chi connectivity index (χ0) is 13.1. The van der Waals surface area contributed by atoms with Crippen LogP contribution in [-0.2, 0) is 0 Å². The van der Waals surface area contributed by atoms with Crippen LogP contribution < -0.4 is 5.32 Å². The van der Waals surface area contributed by atoms with E-state index in [1.165, 1.54) is 24.8 Å². The molecule has 1 aromatic rings. The molecule has 0 radical (unpaired) electrons. The molecule has 1 N–H and O–H groups in total. The molecule has 0 saturated heterocycles. The molecule has 2 atom stereocenters. The molecule has 2 rings (SSSR count). The third kappa shape index (κ3) is 3.27. The number of hydrogen-bond donors (Lipinski definition) is 1. The van der Waals surface area contributed by atoms with Gasteiger partial charge in [0.1, 0.15) is 0 Å². The number of aryl methyl sites for hydroxylation is 1. The standard InChI is InChI=1S/C16H24ClN/c1-4-9-18-16(12(3)13-7-8-13)14-6-5-11(2)15(17)10-14/h5-6,10,12-13,16,18H,4,7-9H2,1-3H3. The zero-order valence-electron chi connectivity index (χ0n) is 11.7. The third-order valence-corrected chi connectivity index (χ3v) is 4.47. The SMILES string of the molecule is CCCNC(c1ccc(C)c(Cl)c1)C(C)C1CC1. The highest BCUT2D eigenvalue weighted by Crippen LogP contribution is 2.43. The summed E-state index contributed by atoms with van der Waals surface area (Å²) in [5, 5.41) is 4.58. The fraction of sp³-hybridized carbons (Fsp3) is 0.625. The highest BCUT2D eigenvalue weighted by Gasteiger charge is 2.33. The minimum atomic E-state index is 0.454. The van der Waals surface area contributed by atoms with E-state index >= 15 is 0 Å². The van der Waals surface area contributed by atoms with Crippen molar-refractivity contribution in [1.29, 1.82) is 0 Å². The van der Waals surface area contributed by atoms with E-state index < -0.39 is 0 Å². The van der Waals surface area contributed by atoms with Crippen LogP contribution in [0.5, 0.6) is 0 Å². The Kier molecular flexibility index (Phi) is 4.69. The van der Waals surface area contributed by atoms with Crippen molar-refractivity contribution in [2.75, 3.05) is 6.54 Å². The summed E-state index contributed by atoms with van der Waals surface area (Å²) in [5.74, 6) is 1.61. The van der Waals surface area contributed by atoms with Crippen LogP contribution in [-0.4, -0.2) is 6.54 Å². The largest absolute Gasteiger partial charge is 0.310 e. The summed E-state index contributed by atoms with van der Waals surface area (Å²) in [6.07, 6.45) is 3.96. The molecule has 0 bridgehead atoms. The average molecular weight is 266 g/mol. The van der Waals surface area contributed by atoms with Crippen molar-refractivity contribution in [3.63, 3.8) is 0 Å². The van der Waals surface area contributed by atoms with Gasteiger partial charge in [-0.15, -0.1) is 0 Å². The molecule has 1 nitrogen and oxygen atoms in total. The van der Waals surface area contributed by atoms with Crippen molar-refractivity contribution in [3.05, 3.63) is 34.3 Å². The van der Waals surface area contributed by atoms with Crippen LogP contribution in [0.15, 0.2) is 18.2 Å². The van der Waals surface area contributed by atoms with Crippen molar-refractivity contribution >= 4 is 11.6 Å². The first-order valence-corrected chi connectivity index (χ1v) is 7.50. The Bertz CT molecular complexity index is 398. The van der Waals surface area contributed by atoms with Gasteiger partial charge in [-0.25, -0.2) is 0 Å². The lowest BCUT2D eigenvalue weighted by molar-refractivity contribution is 0.350. The molecule has 0 heterocycles. The summed E-state index contributed by atoms with van der Waals surface area (Å²) < 4.78 is 0. The molecule has 100 valence electrons. The summed E-state index contributed by atoms with van der Waals surface area (Å²) in [6, 6.07) is 6.96. The van der Waals surface area contributed by atoms with E-state index in [2.05, 4.69) is 44.3 Å². The van der Waals surface area contributed by atoms with E-state index in [1.54, 1.807) is 0 Å². The van der Waals surface area contributed by atoms with Crippen LogP contribution in [0.4, 0.5) is 0 Å². The van der Waals surface area contributed by atoms with Gasteiger partial charge in [0.15, 0.2) is 0 Å². The normalized spacial score (nSPS) is 18.7. The van der Waals surface area contributed by atoms with Gasteiger partial charge in [0.25, 0.3) is 0 Å². The average Bonchev–Trinajstić information content (AvgIpc) is 3.18. The van der Waals surface area contributed by atoms with Gasteiger partial charge in [-0.2, -0.15) is 0 Å². The van der Waals surface area contributed by atoms with E-state index in [1.807, 2.05) is 0 Å². The lowest BCUT2D eigenvalue weighted by Crippen LogP contribution is -2.28. The van der Waals surface area contributed by atoms with E-state index in [0.717, 1.165) is 23.0 Å². The Morgan fingerprint density at radius 1 is 1.39 bits per heavy atom. The van der Waals surface area contributed by atoms with E-state index in [-0.39, 0.29) is 0 Å². The number of halogens is 1. The van der Waals surface area contributed by atoms with Gasteiger partial charge < -0.3 is 5.32 Å². The molecular weight excluding hydrogens is 242 g/mol. The van der Waals surface area contributed by atoms with Crippen molar-refractivity contribution < 1.29 is 0 Å². The summed E-state index contributed by atoms with van der Waals surface area (Å²) in [7, 11) is 0. The fourth-order valence-electron chi connectivity index (χ4n) is 2.60. The Balaban J connectivity index is 2.17. The van der Waals surface area contributed by atoms with E-state index in [4.69, 9.17) is 11.6 Å². The first-order chi connectivity index (χ1) is 8.63. The van der Waals surface area contributed by atoms with Crippen LogP contribution in [0.2, 0.25) is 5.02 Å². The second-order valence-electron chi connectivity index (χ2n) is 5.64. The van der Waals surface area contributed by atoms with Gasteiger partial charge in [0.2, 0.25) is 0 Å². The maximum absolute atomic E-state index is 6.26. The van der Waals surface area contributed by atoms with Gasteiger partial charge >= 0.3 is 0 Å². The highest BCUT2D eigenvalue weighted by atomic mass is 35.5. The van der Waals surface area contributed by atoms with Crippen LogP contribution >= 0.6 is 11.6 Å². The molecule has 1 fully saturated rings. The summed E-state index contributed by atoms with van der Waals surface area (Å²) in [4.78, 5) is 0. The van der Waals surface area contributed by atoms with Gasteiger partial charge in [-0.3, -0.25) is 0 Å². The predicted octanol–water partition coefficient (Wildman–Crippen LogP) is 4.74. The minimum absolute atomic E-state index is 0.454. The third-order valence-electron chi connectivity index (χ3n) is 4.06. The summed E-state index contributed by atoms with van der Waals surface area (Å²) in [6.45, 7) is 7.73. The van der Waals surface area contributed by atoms with Gasteiger partial charge in [0.05, 0.1) is 0 Å². The minimum Gasteiger partial charge on any atom is -0.310 e. The maximum Gasteiger partial charge on any atom is 0.0438 e. The quantitative estimate of drug-likeness (QED) is 0.784. The Hall–Kier alpha value is -0.530. The molecular formula is C16H24ClN. The molecule has 2 heteroatoms. The molecule has 1 aliphatic carbocycles. The number of hydrogen-bond acceptors (Lipinski definition) is 1. The number of nitrogens with one attached hydrogen (secondary N) is 1. The highest BCUT2D eigenvalue weighted by molar-refractivity contribution is 6.31. The van der Waals surface area contributed by atoms with Gasteiger partial charge in [-0.05, 0) is 61.8 Å². The molecule has 1 aromatic carbocycles. The lowest BCUT2D eigenvalue weighted by Gasteiger charge is -2.26. The van der Waals surface area contributed by atoms with Crippen LogP contribution in [0.3, 0.4) is 0 Å². The van der Waals surface area contributed by atoms with Gasteiger partial charge in [0, 0.05) is 11.1 Å². The zero-order valence-corrected chi connectivity index (χ0v) is 12.4. The van der Waals surface area contributed by atoms with E-state index in [9.17, 15) is 0 Å². The van der Waals surface area contributed by atoms with Crippen molar-refractivity contribution in [1.82, 2.24) is 5.32 Å². The van der Waals surface area contributed by atoms with Gasteiger partial charge in [-0.1, -0.05) is 37.6 Å². The lowest BCUT2D eigenvalue weighted by atomic mass is 9.90. The topological polar surface area (TPSA) is 12.0 Å². The van der Waals surface area contributed by atoms with Crippen LogP contribution in [0, 0.1) is 18.8 Å². The number of benzene rings is 1. The molecule has 0 aromatic heterocycles. The number of rotatable bonds is 6. The molecule has 0 amide bonds. The maximum atomic E-state index is 6.26. The summed E-state index contributed by atoms with van der Waals surface area (Å²) >= 11 is 6.26. The molecule has 0 aliphatic heterocycles. The Labute approximate surface area is 116 Å². The molecule has 2 unspecified atom stereocenters. The predicted molar refractivity (Wildman–Crippen MR) is 79.1 cm³/mol. The fourth-order valence-corrected chi connectivity index (χ4v) is 2.79. The smallest absolute Gasteiger partial charge is 0.0438 e. The molecule has 18 heavy (non-hydrogen) atoms. The Morgan fingerprint density at radius 3 is 2.67 bits per heavy atom. The molecule has 1 saturated carbocycles. The van der Waals surface area contributed by atoms with Crippen molar-refractivity contribution in [2.24, 2.45) is 11.8 Å². The second kappa shape index (κ2) is 6.08. The second-order valence-corrected chi connectivity index (χ2v) is 6.04. The van der Waals surface area contributed by atoms with E-state index in [0.29, 0.717) is 12.0 Å². The van der Waals surface area contributed by atoms with Crippen LogP contribution in [0.25, 0.3) is 0 Å². The first-order valence-electron chi connectivity index (χ1n) is 7.13. The summed E-state index contributed by atoms with van der Waals surface area (Å²) in [5.41, 5.74) is 2.51.